The third-order valence-electron chi connectivity index (χ3n) is 5.38. The molecule has 0 bridgehead atoms. The minimum Gasteiger partial charge on any atom is -0.508 e. The molecule has 0 saturated carbocycles. The quantitative estimate of drug-likeness (QED) is 0.189. The Balaban J connectivity index is 1.86. The fourth-order valence-corrected chi connectivity index (χ4v) is 3.37. The SMILES string of the molecule is C=C(C)C(O)CCC1(C)C=Cc2c(O)c(C(=O)/C=C/c3cc(O)ccc3O)cc(O)c2O1. The van der Waals surface area contributed by atoms with Gasteiger partial charge >= 0.3 is 0 Å². The van der Waals surface area contributed by atoms with Crippen molar-refractivity contribution in [1.82, 2.24) is 0 Å². The molecule has 168 valence electrons. The fourth-order valence-electron chi connectivity index (χ4n) is 3.37. The highest BCUT2D eigenvalue weighted by Gasteiger charge is 2.32. The summed E-state index contributed by atoms with van der Waals surface area (Å²) in [7, 11) is 0. The number of aromatic hydroxyl groups is 4. The molecular weight excluding hydrogens is 412 g/mol. The van der Waals surface area contributed by atoms with Crippen molar-refractivity contribution in [2.75, 3.05) is 0 Å². The van der Waals surface area contributed by atoms with Crippen molar-refractivity contribution in [2.45, 2.75) is 38.4 Å². The molecule has 1 aliphatic heterocycles. The van der Waals surface area contributed by atoms with Crippen molar-refractivity contribution < 1.29 is 35.1 Å². The van der Waals surface area contributed by atoms with Crippen LogP contribution < -0.4 is 4.74 Å². The van der Waals surface area contributed by atoms with Crippen LogP contribution in [-0.2, 0) is 0 Å². The monoisotopic (exact) mass is 438 g/mol. The molecule has 0 aromatic heterocycles. The summed E-state index contributed by atoms with van der Waals surface area (Å²) >= 11 is 0. The van der Waals surface area contributed by atoms with Crippen LogP contribution in [0.1, 0.15) is 48.2 Å². The second-order valence-electron chi connectivity index (χ2n) is 8.12. The first-order valence-electron chi connectivity index (χ1n) is 10.1. The summed E-state index contributed by atoms with van der Waals surface area (Å²) in [6.07, 6.45) is 5.85. The number of carbonyl (C=O) groups excluding carboxylic acids is 1. The van der Waals surface area contributed by atoms with Crippen LogP contribution in [0.25, 0.3) is 12.2 Å². The van der Waals surface area contributed by atoms with Gasteiger partial charge in [0.2, 0.25) is 0 Å². The van der Waals surface area contributed by atoms with Crippen LogP contribution in [0.4, 0.5) is 0 Å². The van der Waals surface area contributed by atoms with E-state index in [2.05, 4.69) is 6.58 Å². The van der Waals surface area contributed by atoms with E-state index in [9.17, 15) is 30.3 Å². The van der Waals surface area contributed by atoms with E-state index in [1.54, 1.807) is 26.0 Å². The lowest BCUT2D eigenvalue weighted by atomic mass is 9.91. The van der Waals surface area contributed by atoms with Crippen molar-refractivity contribution in [3.63, 3.8) is 0 Å². The van der Waals surface area contributed by atoms with Crippen LogP contribution >= 0.6 is 0 Å². The number of phenols is 4. The number of hydrogen-bond donors (Lipinski definition) is 5. The average Bonchev–Trinajstić information content (AvgIpc) is 2.74. The summed E-state index contributed by atoms with van der Waals surface area (Å²) in [5, 5.41) is 50.5. The van der Waals surface area contributed by atoms with Gasteiger partial charge in [-0.1, -0.05) is 12.2 Å². The summed E-state index contributed by atoms with van der Waals surface area (Å²) in [6, 6.07) is 4.99. The summed E-state index contributed by atoms with van der Waals surface area (Å²) in [5.74, 6) is -1.45. The third kappa shape index (κ3) is 4.78. The molecule has 0 aliphatic carbocycles. The number of rotatable bonds is 7. The minimum absolute atomic E-state index is 0.0449. The maximum Gasteiger partial charge on any atom is 0.189 e. The standard InChI is InChI=1S/C25H26O7/c1-14(2)19(27)9-11-25(3)10-8-17-23(31)18(13-22(30)24(17)32-25)21(29)6-4-15-12-16(26)5-7-20(15)28/h4-8,10,12-13,19,26-28,30-31H,1,9,11H2,2-3H3/b6-4+. The lowest BCUT2D eigenvalue weighted by molar-refractivity contribution is 0.0974. The molecule has 0 fully saturated rings. The van der Waals surface area contributed by atoms with Crippen LogP contribution in [0.5, 0.6) is 28.7 Å². The Bertz CT molecular complexity index is 1130. The predicted molar refractivity (Wildman–Crippen MR) is 121 cm³/mol. The molecule has 2 aromatic carbocycles. The van der Waals surface area contributed by atoms with Gasteiger partial charge in [0.25, 0.3) is 0 Å². The van der Waals surface area contributed by atoms with Crippen LogP contribution in [0.3, 0.4) is 0 Å². The lowest BCUT2D eigenvalue weighted by Gasteiger charge is -2.33. The zero-order valence-corrected chi connectivity index (χ0v) is 17.9. The van der Waals surface area contributed by atoms with Crippen molar-refractivity contribution in [1.29, 1.82) is 0 Å². The Labute approximate surface area is 185 Å². The molecule has 7 heteroatoms. The van der Waals surface area contributed by atoms with E-state index < -0.39 is 17.5 Å². The number of allylic oxidation sites excluding steroid dienone is 1. The molecule has 0 saturated heterocycles. The molecule has 1 aliphatic rings. The van der Waals surface area contributed by atoms with Gasteiger partial charge in [0.15, 0.2) is 17.3 Å². The van der Waals surface area contributed by atoms with E-state index in [1.165, 1.54) is 24.3 Å². The molecule has 7 nitrogen and oxygen atoms in total. The molecule has 2 aromatic rings. The van der Waals surface area contributed by atoms with Gasteiger partial charge in [-0.2, -0.15) is 0 Å². The number of aliphatic hydroxyl groups is 1. The van der Waals surface area contributed by atoms with Crippen molar-refractivity contribution in [2.24, 2.45) is 0 Å². The molecule has 0 radical (unpaired) electrons. The lowest BCUT2D eigenvalue weighted by Crippen LogP contribution is -2.33. The summed E-state index contributed by atoms with van der Waals surface area (Å²) in [4.78, 5) is 12.6. The Kier molecular flexibility index (Phi) is 6.32. The topological polar surface area (TPSA) is 127 Å². The first kappa shape index (κ1) is 23.0. The molecule has 3 rings (SSSR count). The third-order valence-corrected chi connectivity index (χ3v) is 5.38. The van der Waals surface area contributed by atoms with Crippen molar-refractivity contribution >= 4 is 17.9 Å². The molecule has 32 heavy (non-hydrogen) atoms. The van der Waals surface area contributed by atoms with E-state index in [0.717, 1.165) is 12.1 Å². The Morgan fingerprint density at radius 1 is 1.19 bits per heavy atom. The second kappa shape index (κ2) is 8.80. The second-order valence-corrected chi connectivity index (χ2v) is 8.12. The molecular formula is C25H26O7. The number of ether oxygens (including phenoxy) is 1. The smallest absolute Gasteiger partial charge is 0.189 e. The molecule has 0 spiro atoms. The van der Waals surface area contributed by atoms with Crippen LogP contribution in [0.15, 0.2) is 48.6 Å². The van der Waals surface area contributed by atoms with Crippen molar-refractivity contribution in [3.8, 4) is 28.7 Å². The van der Waals surface area contributed by atoms with Gasteiger partial charge in [0.05, 0.1) is 17.2 Å². The highest BCUT2D eigenvalue weighted by Crippen LogP contribution is 2.46. The zero-order chi connectivity index (χ0) is 23.6. The van der Waals surface area contributed by atoms with E-state index in [1.807, 2.05) is 0 Å². The maximum atomic E-state index is 12.6. The van der Waals surface area contributed by atoms with Crippen LogP contribution in [0.2, 0.25) is 0 Å². The van der Waals surface area contributed by atoms with Crippen LogP contribution in [0, 0.1) is 0 Å². The highest BCUT2D eigenvalue weighted by atomic mass is 16.5. The van der Waals surface area contributed by atoms with Gasteiger partial charge in [-0.05, 0) is 75.3 Å². The van der Waals surface area contributed by atoms with Crippen LogP contribution in [-0.4, -0.2) is 43.0 Å². The Morgan fingerprint density at radius 3 is 2.59 bits per heavy atom. The van der Waals surface area contributed by atoms with E-state index in [0.29, 0.717) is 18.4 Å². The molecule has 5 N–H and O–H groups in total. The van der Waals surface area contributed by atoms with Gasteiger partial charge in [-0.3, -0.25) is 4.79 Å². The number of aliphatic hydroxyl groups excluding tert-OH is 1. The van der Waals surface area contributed by atoms with Gasteiger partial charge in [-0.25, -0.2) is 0 Å². The van der Waals surface area contributed by atoms with Crippen molar-refractivity contribution in [3.05, 3.63) is 65.3 Å². The number of fused-ring (bicyclic) bond motifs is 1. The Morgan fingerprint density at radius 2 is 1.91 bits per heavy atom. The van der Waals surface area contributed by atoms with Gasteiger partial charge < -0.3 is 30.3 Å². The maximum absolute atomic E-state index is 12.6. The van der Waals surface area contributed by atoms with E-state index >= 15 is 0 Å². The predicted octanol–water partition coefficient (Wildman–Crippen LogP) is 4.29. The first-order chi connectivity index (χ1) is 15.0. The summed E-state index contributed by atoms with van der Waals surface area (Å²) in [5.41, 5.74) is 0.0538. The van der Waals surface area contributed by atoms with E-state index in [-0.39, 0.29) is 45.4 Å². The minimum atomic E-state index is -0.828. The highest BCUT2D eigenvalue weighted by molar-refractivity contribution is 6.10. The van der Waals surface area contributed by atoms with Gasteiger partial charge in [0, 0.05) is 5.56 Å². The summed E-state index contributed by atoms with van der Waals surface area (Å²) in [6.45, 7) is 7.25. The number of phenolic OH excluding ortho intramolecular Hbond substituents is 4. The normalized spacial score (nSPS) is 18.2. The molecule has 0 amide bonds. The fraction of sp³-hybridized carbons (Fsp3) is 0.240. The molecule has 2 atom stereocenters. The number of ketones is 1. The number of carbonyl (C=O) groups is 1. The Hall–Kier alpha value is -3.71. The summed E-state index contributed by atoms with van der Waals surface area (Å²) < 4.78 is 5.93. The largest absolute Gasteiger partial charge is 0.508 e. The molecule has 1 heterocycles. The molecule has 2 unspecified atom stereocenters. The number of hydrogen-bond acceptors (Lipinski definition) is 7. The van der Waals surface area contributed by atoms with Gasteiger partial charge in [0.1, 0.15) is 22.8 Å². The first-order valence-corrected chi connectivity index (χ1v) is 10.1. The zero-order valence-electron chi connectivity index (χ0n) is 17.9. The van der Waals surface area contributed by atoms with E-state index in [4.69, 9.17) is 4.74 Å². The number of benzene rings is 2. The average molecular weight is 438 g/mol. The van der Waals surface area contributed by atoms with Gasteiger partial charge in [-0.15, -0.1) is 0 Å².